The van der Waals surface area contributed by atoms with Crippen molar-refractivity contribution < 1.29 is 9.18 Å². The van der Waals surface area contributed by atoms with Crippen LogP contribution in [0.3, 0.4) is 0 Å². The molecule has 0 saturated carbocycles. The van der Waals surface area contributed by atoms with Crippen LogP contribution in [0.1, 0.15) is 15.9 Å². The van der Waals surface area contributed by atoms with Crippen molar-refractivity contribution in [1.29, 1.82) is 0 Å². The van der Waals surface area contributed by atoms with Gasteiger partial charge in [-0.3, -0.25) is 4.79 Å². The Hall–Kier alpha value is -3.51. The summed E-state index contributed by atoms with van der Waals surface area (Å²) in [6, 6.07) is 18.6. The lowest BCUT2D eigenvalue weighted by Gasteiger charge is -2.00. The van der Waals surface area contributed by atoms with Gasteiger partial charge in [0.25, 0.3) is 5.91 Å². The third kappa shape index (κ3) is 3.63. The summed E-state index contributed by atoms with van der Waals surface area (Å²) in [5.74, 6) is -0.203. The number of amides is 1. The summed E-state index contributed by atoms with van der Waals surface area (Å²) < 4.78 is 13.6. The van der Waals surface area contributed by atoms with Gasteiger partial charge in [-0.05, 0) is 36.4 Å². The van der Waals surface area contributed by atoms with Crippen molar-refractivity contribution in [2.45, 2.75) is 0 Å². The number of aromatic amines is 1. The number of nitrogens with one attached hydrogen (secondary N) is 2. The number of aromatic nitrogens is 2. The normalized spacial score (nSPS) is 11.2. The summed E-state index contributed by atoms with van der Waals surface area (Å²) in [6.07, 6.45) is 1.26. The molecule has 0 fully saturated rings. The van der Waals surface area contributed by atoms with E-state index in [0.717, 1.165) is 5.56 Å². The highest BCUT2D eigenvalue weighted by Gasteiger charge is 2.11. The van der Waals surface area contributed by atoms with Crippen LogP contribution in [0.25, 0.3) is 22.4 Å². The van der Waals surface area contributed by atoms with Gasteiger partial charge in [0.2, 0.25) is 0 Å². The van der Waals surface area contributed by atoms with Gasteiger partial charge < -0.3 is 4.98 Å². The fourth-order valence-corrected chi connectivity index (χ4v) is 2.96. The van der Waals surface area contributed by atoms with Crippen molar-refractivity contribution >= 4 is 34.8 Å². The van der Waals surface area contributed by atoms with E-state index in [1.165, 1.54) is 12.3 Å². The van der Waals surface area contributed by atoms with E-state index in [1.807, 2.05) is 18.2 Å². The molecule has 0 aliphatic rings. The number of imidazole rings is 1. The van der Waals surface area contributed by atoms with Gasteiger partial charge in [-0.2, -0.15) is 5.10 Å². The molecule has 5 nitrogen and oxygen atoms in total. The summed E-state index contributed by atoms with van der Waals surface area (Å²) in [5.41, 5.74) is 5.26. The zero-order valence-corrected chi connectivity index (χ0v) is 15.2. The Morgan fingerprint density at radius 2 is 1.89 bits per heavy atom. The first kappa shape index (κ1) is 17.9. The number of halogens is 2. The molecule has 3 aromatic carbocycles. The Morgan fingerprint density at radius 1 is 1.11 bits per heavy atom. The smallest absolute Gasteiger partial charge is 0.271 e. The molecule has 0 unspecified atom stereocenters. The second-order valence-corrected chi connectivity index (χ2v) is 6.43. The fourth-order valence-electron chi connectivity index (χ4n) is 2.74. The minimum atomic E-state index is -0.414. The minimum absolute atomic E-state index is 0.288. The van der Waals surface area contributed by atoms with E-state index in [0.29, 0.717) is 27.4 Å². The summed E-state index contributed by atoms with van der Waals surface area (Å²) in [6.45, 7) is 0. The van der Waals surface area contributed by atoms with E-state index in [9.17, 15) is 9.18 Å². The Morgan fingerprint density at radius 3 is 2.71 bits per heavy atom. The Bertz CT molecular complexity index is 1200. The number of hydrazone groups is 1. The van der Waals surface area contributed by atoms with E-state index >= 15 is 0 Å². The van der Waals surface area contributed by atoms with Gasteiger partial charge in [0.05, 0.1) is 22.3 Å². The minimum Gasteiger partial charge on any atom is -0.338 e. The van der Waals surface area contributed by atoms with Crippen molar-refractivity contribution in [2.24, 2.45) is 5.10 Å². The van der Waals surface area contributed by atoms with Crippen LogP contribution in [-0.4, -0.2) is 22.1 Å². The van der Waals surface area contributed by atoms with Gasteiger partial charge in [-0.1, -0.05) is 41.9 Å². The van der Waals surface area contributed by atoms with Crippen LogP contribution in [0, 0.1) is 5.82 Å². The molecule has 1 heterocycles. The molecule has 0 bridgehead atoms. The molecule has 0 atom stereocenters. The fraction of sp³-hybridized carbons (Fsp3) is 0. The van der Waals surface area contributed by atoms with Gasteiger partial charge in [0.1, 0.15) is 11.6 Å². The second-order valence-electron chi connectivity index (χ2n) is 6.02. The highest BCUT2D eigenvalue weighted by atomic mass is 35.5. The topological polar surface area (TPSA) is 70.1 Å². The molecule has 0 aliphatic heterocycles. The van der Waals surface area contributed by atoms with E-state index in [1.54, 1.807) is 42.5 Å². The summed E-state index contributed by atoms with van der Waals surface area (Å²) in [5, 5.41) is 4.40. The van der Waals surface area contributed by atoms with E-state index in [2.05, 4.69) is 20.5 Å². The van der Waals surface area contributed by atoms with Crippen molar-refractivity contribution in [3.05, 3.63) is 88.7 Å². The van der Waals surface area contributed by atoms with Gasteiger partial charge >= 0.3 is 0 Å². The van der Waals surface area contributed by atoms with Crippen molar-refractivity contribution in [1.82, 2.24) is 15.4 Å². The highest BCUT2D eigenvalue weighted by molar-refractivity contribution is 6.33. The van der Waals surface area contributed by atoms with Crippen LogP contribution in [0.4, 0.5) is 4.39 Å². The molecule has 4 aromatic rings. The molecular weight excluding hydrogens is 379 g/mol. The molecule has 0 aliphatic carbocycles. The third-order valence-corrected chi connectivity index (χ3v) is 4.48. The monoisotopic (exact) mass is 392 g/mol. The Kier molecular flexibility index (Phi) is 4.87. The predicted octanol–water partition coefficient (Wildman–Crippen LogP) is 4.79. The number of carbonyl (C=O) groups excluding carboxylic acids is 1. The van der Waals surface area contributed by atoms with Gasteiger partial charge in [0.15, 0.2) is 0 Å². The molecule has 28 heavy (non-hydrogen) atoms. The van der Waals surface area contributed by atoms with Crippen LogP contribution in [0.15, 0.2) is 71.8 Å². The quantitative estimate of drug-likeness (QED) is 0.387. The van der Waals surface area contributed by atoms with Crippen LogP contribution in [0.2, 0.25) is 5.02 Å². The van der Waals surface area contributed by atoms with E-state index in [4.69, 9.17) is 11.6 Å². The molecule has 1 amide bonds. The number of rotatable bonds is 4. The molecule has 0 saturated heterocycles. The standard InChI is InChI=1S/C21H14ClFN4O/c22-16-7-3-2-6-15(16)20-25-18-10-9-13(11-19(18)26-20)21(28)27-24-12-14-5-1-4-8-17(14)23/h1-12H,(H,25,26)(H,27,28)/b24-12+. The average molecular weight is 393 g/mol. The van der Waals surface area contributed by atoms with Gasteiger partial charge in [-0.15, -0.1) is 0 Å². The largest absolute Gasteiger partial charge is 0.338 e. The van der Waals surface area contributed by atoms with Gasteiger partial charge in [0, 0.05) is 16.7 Å². The number of H-pyrrole nitrogens is 1. The van der Waals surface area contributed by atoms with Crippen molar-refractivity contribution in [3.63, 3.8) is 0 Å². The lowest BCUT2D eigenvalue weighted by Crippen LogP contribution is -2.17. The number of carbonyl (C=O) groups is 1. The van der Waals surface area contributed by atoms with Crippen LogP contribution in [0.5, 0.6) is 0 Å². The van der Waals surface area contributed by atoms with Crippen LogP contribution < -0.4 is 5.43 Å². The zero-order chi connectivity index (χ0) is 19.5. The Balaban J connectivity index is 1.55. The predicted molar refractivity (Wildman–Crippen MR) is 108 cm³/mol. The zero-order valence-electron chi connectivity index (χ0n) is 14.5. The lowest BCUT2D eigenvalue weighted by molar-refractivity contribution is 0.0955. The molecule has 4 rings (SSSR count). The molecule has 138 valence electrons. The Labute approximate surface area is 164 Å². The van der Waals surface area contributed by atoms with Crippen LogP contribution >= 0.6 is 11.6 Å². The molecule has 7 heteroatoms. The summed E-state index contributed by atoms with van der Waals surface area (Å²) >= 11 is 6.22. The maximum Gasteiger partial charge on any atom is 0.271 e. The molecule has 1 aromatic heterocycles. The van der Waals surface area contributed by atoms with Gasteiger partial charge in [-0.25, -0.2) is 14.8 Å². The first-order chi connectivity index (χ1) is 13.6. The molecule has 0 radical (unpaired) electrons. The van der Waals surface area contributed by atoms with Crippen LogP contribution in [-0.2, 0) is 0 Å². The van der Waals surface area contributed by atoms with Crippen molar-refractivity contribution in [2.75, 3.05) is 0 Å². The first-order valence-electron chi connectivity index (χ1n) is 8.44. The third-order valence-electron chi connectivity index (χ3n) is 4.15. The molecule has 0 spiro atoms. The second kappa shape index (κ2) is 7.62. The number of fused-ring (bicyclic) bond motifs is 1. The SMILES string of the molecule is O=C(N/N=C/c1ccccc1F)c1ccc2nc(-c3ccccc3Cl)[nH]c2c1. The maximum atomic E-state index is 13.6. The molecular formula is C21H14ClFN4O. The summed E-state index contributed by atoms with van der Waals surface area (Å²) in [4.78, 5) is 20.0. The number of benzene rings is 3. The highest BCUT2D eigenvalue weighted by Crippen LogP contribution is 2.27. The maximum absolute atomic E-state index is 13.6. The average Bonchev–Trinajstić information content (AvgIpc) is 3.12. The number of hydrogen-bond donors (Lipinski definition) is 2. The summed E-state index contributed by atoms with van der Waals surface area (Å²) in [7, 11) is 0. The first-order valence-corrected chi connectivity index (χ1v) is 8.82. The van der Waals surface area contributed by atoms with E-state index in [-0.39, 0.29) is 5.56 Å². The van der Waals surface area contributed by atoms with Crippen molar-refractivity contribution in [3.8, 4) is 11.4 Å². The van der Waals surface area contributed by atoms with E-state index < -0.39 is 11.7 Å². The lowest BCUT2D eigenvalue weighted by atomic mass is 10.2. The number of hydrogen-bond acceptors (Lipinski definition) is 3. The molecule has 2 N–H and O–H groups in total. The number of nitrogens with zero attached hydrogens (tertiary/aromatic N) is 2.